The van der Waals surface area contributed by atoms with E-state index in [1.807, 2.05) is 0 Å². The Labute approximate surface area is 165 Å². The lowest BCUT2D eigenvalue weighted by Crippen LogP contribution is -2.43. The Hall–Kier alpha value is -0.960. The molecule has 0 spiro atoms. The summed E-state index contributed by atoms with van der Waals surface area (Å²) >= 11 is 0. The van der Waals surface area contributed by atoms with Crippen LogP contribution in [0.25, 0.3) is 0 Å². The van der Waals surface area contributed by atoms with Gasteiger partial charge in [-0.15, -0.1) is 24.0 Å². The third-order valence-corrected chi connectivity index (χ3v) is 5.33. The topological polar surface area (TPSA) is 53.6 Å². The highest BCUT2D eigenvalue weighted by Gasteiger charge is 2.46. The minimum absolute atomic E-state index is 0. The van der Waals surface area contributed by atoms with E-state index in [1.54, 1.807) is 0 Å². The molecule has 1 heterocycles. The number of likely N-dealkylation sites (N-methyl/N-ethyl adjacent to an activating group) is 1. The SMILES string of the molecule is CCN1CCCC1CNC(N)=NCC1(c2ccc(F)cc2F)CC1.I. The molecule has 4 nitrogen and oxygen atoms in total. The van der Waals surface area contributed by atoms with Crippen molar-refractivity contribution in [3.05, 3.63) is 35.4 Å². The van der Waals surface area contributed by atoms with Crippen molar-refractivity contribution in [1.29, 1.82) is 0 Å². The average molecular weight is 464 g/mol. The first-order valence-electron chi connectivity index (χ1n) is 8.77. The van der Waals surface area contributed by atoms with Gasteiger partial charge >= 0.3 is 0 Å². The number of nitrogens with two attached hydrogens (primary N) is 1. The molecule has 2 fully saturated rings. The molecule has 1 unspecified atom stereocenters. The smallest absolute Gasteiger partial charge is 0.188 e. The van der Waals surface area contributed by atoms with Crippen molar-refractivity contribution < 1.29 is 8.78 Å². The van der Waals surface area contributed by atoms with Crippen LogP contribution in [0.15, 0.2) is 23.2 Å². The molecule has 3 N–H and O–H groups in total. The number of halogens is 3. The number of benzene rings is 1. The van der Waals surface area contributed by atoms with Crippen LogP contribution in [0.2, 0.25) is 0 Å². The van der Waals surface area contributed by atoms with Crippen molar-refractivity contribution in [1.82, 2.24) is 10.2 Å². The molecule has 0 radical (unpaired) electrons. The highest BCUT2D eigenvalue weighted by Crippen LogP contribution is 2.49. The molecule has 1 saturated carbocycles. The molecule has 2 aliphatic rings. The number of aliphatic imine (C=N–C) groups is 1. The molecular weight excluding hydrogens is 437 g/mol. The number of nitrogens with zero attached hydrogens (tertiary/aromatic N) is 2. The van der Waals surface area contributed by atoms with E-state index in [4.69, 9.17) is 5.73 Å². The van der Waals surface area contributed by atoms with Gasteiger partial charge in [-0.05, 0) is 50.4 Å². The predicted molar refractivity (Wildman–Crippen MR) is 107 cm³/mol. The van der Waals surface area contributed by atoms with Crippen molar-refractivity contribution in [3.63, 3.8) is 0 Å². The van der Waals surface area contributed by atoms with Gasteiger partial charge < -0.3 is 11.1 Å². The minimum Gasteiger partial charge on any atom is -0.370 e. The van der Waals surface area contributed by atoms with E-state index in [2.05, 4.69) is 22.1 Å². The van der Waals surface area contributed by atoms with E-state index in [0.717, 1.165) is 38.5 Å². The number of nitrogens with one attached hydrogen (secondary N) is 1. The highest BCUT2D eigenvalue weighted by atomic mass is 127. The Morgan fingerprint density at radius 1 is 1.40 bits per heavy atom. The second-order valence-corrected chi connectivity index (χ2v) is 6.91. The molecule has 25 heavy (non-hydrogen) atoms. The second-order valence-electron chi connectivity index (χ2n) is 6.91. The van der Waals surface area contributed by atoms with Gasteiger partial charge in [0.2, 0.25) is 0 Å². The molecule has 0 bridgehead atoms. The molecule has 1 aliphatic heterocycles. The third-order valence-electron chi connectivity index (χ3n) is 5.33. The summed E-state index contributed by atoms with van der Waals surface area (Å²) in [5, 5.41) is 3.20. The Kier molecular flexibility index (Phi) is 7.01. The summed E-state index contributed by atoms with van der Waals surface area (Å²) in [4.78, 5) is 6.86. The molecule has 1 aliphatic carbocycles. The van der Waals surface area contributed by atoms with Crippen molar-refractivity contribution in [2.45, 2.75) is 44.1 Å². The van der Waals surface area contributed by atoms with E-state index in [1.165, 1.54) is 25.0 Å². The van der Waals surface area contributed by atoms with Crippen LogP contribution in [0.3, 0.4) is 0 Å². The summed E-state index contributed by atoms with van der Waals surface area (Å²) in [6.45, 7) is 5.60. The van der Waals surface area contributed by atoms with Gasteiger partial charge in [-0.3, -0.25) is 9.89 Å². The first-order valence-corrected chi connectivity index (χ1v) is 8.77. The molecular formula is C18H27F2IN4. The van der Waals surface area contributed by atoms with Crippen molar-refractivity contribution in [2.24, 2.45) is 10.7 Å². The zero-order valence-electron chi connectivity index (χ0n) is 14.6. The van der Waals surface area contributed by atoms with Gasteiger partial charge in [0.05, 0.1) is 6.54 Å². The van der Waals surface area contributed by atoms with Gasteiger partial charge in [-0.2, -0.15) is 0 Å². The Bertz CT molecular complexity index is 619. The summed E-state index contributed by atoms with van der Waals surface area (Å²) in [5.41, 5.74) is 6.22. The third kappa shape index (κ3) is 4.81. The van der Waals surface area contributed by atoms with Gasteiger partial charge in [-0.25, -0.2) is 8.78 Å². The summed E-state index contributed by atoms with van der Waals surface area (Å²) in [5.74, 6) is -0.626. The molecule has 0 aromatic heterocycles. The largest absolute Gasteiger partial charge is 0.370 e. The average Bonchev–Trinajstić information content (AvgIpc) is 3.20. The van der Waals surface area contributed by atoms with Crippen LogP contribution in [0.1, 0.15) is 38.2 Å². The fraction of sp³-hybridized carbons (Fsp3) is 0.611. The molecule has 0 amide bonds. The van der Waals surface area contributed by atoms with Gasteiger partial charge in [0.1, 0.15) is 11.6 Å². The fourth-order valence-corrected chi connectivity index (χ4v) is 3.64. The highest BCUT2D eigenvalue weighted by molar-refractivity contribution is 14.0. The van der Waals surface area contributed by atoms with E-state index < -0.39 is 11.6 Å². The van der Waals surface area contributed by atoms with E-state index >= 15 is 0 Å². The molecule has 3 rings (SSSR count). The number of guanidine groups is 1. The maximum Gasteiger partial charge on any atom is 0.188 e. The number of likely N-dealkylation sites (tertiary alicyclic amines) is 1. The second kappa shape index (κ2) is 8.62. The fourth-order valence-electron chi connectivity index (χ4n) is 3.64. The van der Waals surface area contributed by atoms with Gasteiger partial charge in [0.15, 0.2) is 5.96 Å². The molecule has 1 aromatic rings. The van der Waals surface area contributed by atoms with Gasteiger partial charge in [0.25, 0.3) is 0 Å². The Balaban J connectivity index is 0.00000225. The minimum atomic E-state index is -0.547. The summed E-state index contributed by atoms with van der Waals surface area (Å²) in [6, 6.07) is 4.30. The first kappa shape index (κ1) is 20.4. The summed E-state index contributed by atoms with van der Waals surface area (Å²) in [6.07, 6.45) is 4.13. The van der Waals surface area contributed by atoms with Crippen molar-refractivity contribution in [3.8, 4) is 0 Å². The zero-order valence-corrected chi connectivity index (χ0v) is 16.9. The lowest BCUT2D eigenvalue weighted by Gasteiger charge is -2.23. The summed E-state index contributed by atoms with van der Waals surface area (Å²) in [7, 11) is 0. The van der Waals surface area contributed by atoms with Crippen LogP contribution in [0.5, 0.6) is 0 Å². The maximum atomic E-state index is 14.0. The number of hydrogen-bond donors (Lipinski definition) is 2. The number of rotatable bonds is 6. The quantitative estimate of drug-likeness (QED) is 0.387. The van der Waals surface area contributed by atoms with E-state index in [-0.39, 0.29) is 29.4 Å². The van der Waals surface area contributed by atoms with Crippen LogP contribution in [-0.4, -0.2) is 43.1 Å². The van der Waals surface area contributed by atoms with Gasteiger partial charge in [0, 0.05) is 24.1 Å². The van der Waals surface area contributed by atoms with Crippen LogP contribution in [-0.2, 0) is 5.41 Å². The van der Waals surface area contributed by atoms with Crippen LogP contribution in [0.4, 0.5) is 8.78 Å². The normalized spacial score (nSPS) is 22.5. The van der Waals surface area contributed by atoms with E-state index in [0.29, 0.717) is 24.1 Å². The monoisotopic (exact) mass is 464 g/mol. The predicted octanol–water partition coefficient (Wildman–Crippen LogP) is 3.00. The van der Waals surface area contributed by atoms with Crippen LogP contribution >= 0.6 is 24.0 Å². The zero-order chi connectivity index (χ0) is 17.2. The van der Waals surface area contributed by atoms with Crippen LogP contribution < -0.4 is 11.1 Å². The summed E-state index contributed by atoms with van der Waals surface area (Å²) < 4.78 is 27.1. The standard InChI is InChI=1S/C18H26F2N4.HI/c1-2-24-9-3-4-14(24)11-22-17(21)23-12-18(7-8-18)15-6-5-13(19)10-16(15)20;/h5-6,10,14H,2-4,7-9,11-12H2,1H3,(H3,21,22,23);1H. The molecule has 1 saturated heterocycles. The van der Waals surface area contributed by atoms with E-state index in [9.17, 15) is 8.78 Å². The van der Waals surface area contributed by atoms with Crippen molar-refractivity contribution >= 4 is 29.9 Å². The lowest BCUT2D eigenvalue weighted by molar-refractivity contribution is 0.267. The lowest BCUT2D eigenvalue weighted by atomic mass is 9.95. The molecule has 7 heteroatoms. The number of hydrogen-bond acceptors (Lipinski definition) is 2. The molecule has 1 aromatic carbocycles. The van der Waals surface area contributed by atoms with Gasteiger partial charge in [-0.1, -0.05) is 13.0 Å². The van der Waals surface area contributed by atoms with Crippen LogP contribution in [0, 0.1) is 11.6 Å². The first-order chi connectivity index (χ1) is 11.5. The Morgan fingerprint density at radius 2 is 2.16 bits per heavy atom. The van der Waals surface area contributed by atoms with Crippen molar-refractivity contribution in [2.75, 3.05) is 26.2 Å². The Morgan fingerprint density at radius 3 is 2.80 bits per heavy atom. The maximum absolute atomic E-state index is 14.0. The molecule has 140 valence electrons. The molecule has 1 atom stereocenters.